The molecule has 0 radical (unpaired) electrons. The van der Waals surface area contributed by atoms with Crippen LogP contribution in [-0.2, 0) is 16.1 Å². The molecule has 0 spiro atoms. The van der Waals surface area contributed by atoms with Gasteiger partial charge in [0.05, 0.1) is 24.4 Å². The summed E-state index contributed by atoms with van der Waals surface area (Å²) in [6.45, 7) is 3.76. The van der Waals surface area contributed by atoms with Crippen molar-refractivity contribution >= 4 is 28.4 Å². The first kappa shape index (κ1) is 21.6. The number of carbonyl (C=O) groups is 1. The molecule has 1 fully saturated rings. The summed E-state index contributed by atoms with van der Waals surface area (Å²) in [5, 5.41) is 1.65. The van der Waals surface area contributed by atoms with Crippen molar-refractivity contribution in [2.75, 3.05) is 20.3 Å². The topological polar surface area (TPSA) is 51.7 Å². The van der Waals surface area contributed by atoms with Crippen LogP contribution in [0.5, 0.6) is 5.75 Å². The number of fused-ring (bicyclic) bond motifs is 1. The van der Waals surface area contributed by atoms with Gasteiger partial charge < -0.3 is 14.4 Å². The van der Waals surface area contributed by atoms with Gasteiger partial charge in [-0.15, -0.1) is 0 Å². The molecule has 2 aromatic carbocycles. The lowest BCUT2D eigenvalue weighted by Gasteiger charge is -2.26. The summed E-state index contributed by atoms with van der Waals surface area (Å²) >= 11 is 6.21. The molecular formula is C25H27ClN2O3. The minimum absolute atomic E-state index is 0.104. The molecule has 1 atom stereocenters. The van der Waals surface area contributed by atoms with Crippen molar-refractivity contribution in [1.29, 1.82) is 0 Å². The zero-order valence-electron chi connectivity index (χ0n) is 17.9. The standard InChI is InChI=1S/C25H27ClN2O3/c1-3-24(29)28(16-22-5-4-12-31-22)15-19-13-18-6-9-20(26)14-23(18)27-25(19)17-7-10-21(30-2)11-8-17/h6-11,13-14,22H,3-5,12,15-16H2,1-2H3/t22-/m0/s1. The number of rotatable bonds is 7. The molecule has 1 aromatic heterocycles. The molecule has 0 bridgehead atoms. The molecule has 31 heavy (non-hydrogen) atoms. The van der Waals surface area contributed by atoms with Gasteiger partial charge in [0.1, 0.15) is 5.75 Å². The van der Waals surface area contributed by atoms with Crippen LogP contribution in [0.3, 0.4) is 0 Å². The summed E-state index contributed by atoms with van der Waals surface area (Å²) in [5.74, 6) is 0.905. The molecule has 0 unspecified atom stereocenters. The predicted octanol–water partition coefficient (Wildman–Crippen LogP) is 5.48. The molecule has 3 aromatic rings. The summed E-state index contributed by atoms with van der Waals surface area (Å²) in [5.41, 5.74) is 3.65. The van der Waals surface area contributed by atoms with Gasteiger partial charge in [-0.05, 0) is 60.9 Å². The van der Waals surface area contributed by atoms with E-state index in [1.54, 1.807) is 7.11 Å². The molecule has 1 aliphatic heterocycles. The van der Waals surface area contributed by atoms with Crippen molar-refractivity contribution in [3.8, 4) is 17.0 Å². The van der Waals surface area contributed by atoms with Crippen molar-refractivity contribution in [1.82, 2.24) is 9.88 Å². The monoisotopic (exact) mass is 438 g/mol. The number of hydrogen-bond acceptors (Lipinski definition) is 4. The molecule has 1 saturated heterocycles. The molecule has 5 nitrogen and oxygen atoms in total. The predicted molar refractivity (Wildman–Crippen MR) is 123 cm³/mol. The number of hydrogen-bond donors (Lipinski definition) is 0. The third-order valence-electron chi connectivity index (χ3n) is 5.69. The third kappa shape index (κ3) is 5.00. The molecule has 0 N–H and O–H groups in total. The van der Waals surface area contributed by atoms with Crippen LogP contribution in [0.4, 0.5) is 0 Å². The average molecular weight is 439 g/mol. The summed E-state index contributed by atoms with van der Waals surface area (Å²) in [6, 6.07) is 15.6. The quantitative estimate of drug-likeness (QED) is 0.490. The second-order valence-corrected chi connectivity index (χ2v) is 8.26. The van der Waals surface area contributed by atoms with Crippen LogP contribution in [0, 0.1) is 0 Å². The van der Waals surface area contributed by atoms with Crippen molar-refractivity contribution in [2.45, 2.75) is 38.8 Å². The molecule has 4 rings (SSSR count). The van der Waals surface area contributed by atoms with Gasteiger partial charge in [0.15, 0.2) is 0 Å². The van der Waals surface area contributed by atoms with E-state index in [4.69, 9.17) is 26.1 Å². The SMILES string of the molecule is CCC(=O)N(Cc1cc2ccc(Cl)cc2nc1-c1ccc(OC)cc1)C[C@@H]1CCCO1. The smallest absolute Gasteiger partial charge is 0.222 e. The highest BCUT2D eigenvalue weighted by Gasteiger charge is 2.23. The van der Waals surface area contributed by atoms with Crippen LogP contribution in [0.2, 0.25) is 5.02 Å². The van der Waals surface area contributed by atoms with Gasteiger partial charge in [0.25, 0.3) is 0 Å². The van der Waals surface area contributed by atoms with E-state index < -0.39 is 0 Å². The zero-order chi connectivity index (χ0) is 21.8. The van der Waals surface area contributed by atoms with Crippen molar-refractivity contribution < 1.29 is 14.3 Å². The first-order valence-electron chi connectivity index (χ1n) is 10.7. The Kier molecular flexibility index (Phi) is 6.73. The second kappa shape index (κ2) is 9.67. The first-order chi connectivity index (χ1) is 15.1. The highest BCUT2D eigenvalue weighted by Crippen LogP contribution is 2.30. The maximum absolute atomic E-state index is 12.8. The van der Waals surface area contributed by atoms with E-state index in [9.17, 15) is 4.79 Å². The Bertz CT molecular complexity index is 1060. The van der Waals surface area contributed by atoms with E-state index in [0.29, 0.717) is 24.5 Å². The van der Waals surface area contributed by atoms with E-state index in [1.807, 2.05) is 54.3 Å². The number of aromatic nitrogens is 1. The highest BCUT2D eigenvalue weighted by molar-refractivity contribution is 6.31. The number of nitrogens with zero attached hydrogens (tertiary/aromatic N) is 2. The van der Waals surface area contributed by atoms with Crippen LogP contribution in [0.25, 0.3) is 22.2 Å². The van der Waals surface area contributed by atoms with E-state index in [2.05, 4.69) is 6.07 Å². The minimum atomic E-state index is 0.104. The van der Waals surface area contributed by atoms with Crippen molar-refractivity contribution in [2.24, 2.45) is 0 Å². The van der Waals surface area contributed by atoms with Gasteiger partial charge in [-0.25, -0.2) is 4.98 Å². The highest BCUT2D eigenvalue weighted by atomic mass is 35.5. The van der Waals surface area contributed by atoms with Gasteiger partial charge in [-0.3, -0.25) is 4.79 Å². The van der Waals surface area contributed by atoms with E-state index in [-0.39, 0.29) is 12.0 Å². The van der Waals surface area contributed by atoms with Gasteiger partial charge in [0.2, 0.25) is 5.91 Å². The molecule has 162 valence electrons. The number of ether oxygens (including phenoxy) is 2. The summed E-state index contributed by atoms with van der Waals surface area (Å²) in [4.78, 5) is 19.6. The number of pyridine rings is 1. The summed E-state index contributed by atoms with van der Waals surface area (Å²) in [6.07, 6.45) is 2.61. The second-order valence-electron chi connectivity index (χ2n) is 7.82. The van der Waals surface area contributed by atoms with Gasteiger partial charge in [-0.1, -0.05) is 24.6 Å². The summed E-state index contributed by atoms with van der Waals surface area (Å²) in [7, 11) is 1.65. The third-order valence-corrected chi connectivity index (χ3v) is 5.92. The van der Waals surface area contributed by atoms with Gasteiger partial charge in [-0.2, -0.15) is 0 Å². The average Bonchev–Trinajstić information content (AvgIpc) is 3.31. The Morgan fingerprint density at radius 3 is 2.71 bits per heavy atom. The number of benzene rings is 2. The van der Waals surface area contributed by atoms with Crippen LogP contribution < -0.4 is 4.74 Å². The Hall–Kier alpha value is -2.63. The lowest BCUT2D eigenvalue weighted by atomic mass is 10.0. The van der Waals surface area contributed by atoms with Crippen molar-refractivity contribution in [3.63, 3.8) is 0 Å². The van der Waals surface area contributed by atoms with Crippen molar-refractivity contribution in [3.05, 3.63) is 59.1 Å². The molecule has 0 aliphatic carbocycles. The molecule has 2 heterocycles. The molecule has 6 heteroatoms. The summed E-state index contributed by atoms with van der Waals surface area (Å²) < 4.78 is 11.1. The van der Waals surface area contributed by atoms with Crippen LogP contribution in [-0.4, -0.2) is 42.2 Å². The fourth-order valence-corrected chi connectivity index (χ4v) is 4.19. The lowest BCUT2D eigenvalue weighted by molar-refractivity contribution is -0.133. The number of amides is 1. The molecule has 1 amide bonds. The molecule has 1 aliphatic rings. The van der Waals surface area contributed by atoms with Crippen LogP contribution in [0.1, 0.15) is 31.7 Å². The molecular weight excluding hydrogens is 412 g/mol. The van der Waals surface area contributed by atoms with E-state index >= 15 is 0 Å². The normalized spacial score (nSPS) is 15.9. The van der Waals surface area contributed by atoms with Crippen LogP contribution >= 0.6 is 11.6 Å². The fraction of sp³-hybridized carbons (Fsp3) is 0.360. The maximum atomic E-state index is 12.8. The number of carbonyl (C=O) groups excluding carboxylic acids is 1. The Morgan fingerprint density at radius 1 is 1.23 bits per heavy atom. The zero-order valence-corrected chi connectivity index (χ0v) is 18.7. The number of halogens is 1. The minimum Gasteiger partial charge on any atom is -0.497 e. The number of methoxy groups -OCH3 is 1. The van der Waals surface area contributed by atoms with Gasteiger partial charge in [0, 0.05) is 42.1 Å². The van der Waals surface area contributed by atoms with E-state index in [0.717, 1.165) is 52.9 Å². The molecule has 0 saturated carbocycles. The first-order valence-corrected chi connectivity index (χ1v) is 11.1. The van der Waals surface area contributed by atoms with Gasteiger partial charge >= 0.3 is 0 Å². The Labute approximate surface area is 187 Å². The lowest BCUT2D eigenvalue weighted by Crippen LogP contribution is -2.36. The Morgan fingerprint density at radius 2 is 2.03 bits per heavy atom. The fourth-order valence-electron chi connectivity index (χ4n) is 4.02. The Balaban J connectivity index is 1.75. The maximum Gasteiger partial charge on any atom is 0.222 e. The van der Waals surface area contributed by atoms with E-state index in [1.165, 1.54) is 0 Å². The van der Waals surface area contributed by atoms with Crippen LogP contribution in [0.15, 0.2) is 48.5 Å². The largest absolute Gasteiger partial charge is 0.497 e.